The molecule has 0 aliphatic carbocycles. The minimum absolute atomic E-state index is 0. The molecule has 6 heteroatoms. The Morgan fingerprint density at radius 2 is 1.62 bits per heavy atom. The molecular formula is C20H24O5Y-2. The summed E-state index contributed by atoms with van der Waals surface area (Å²) in [6.07, 6.45) is -4.95. The molecule has 139 valence electrons. The SMILES string of the molecule is OC[C@H]1O[C@@H](c2cccc(Cc3cc[c-]cc3)c2)[C@H](O)[C@@H](O)C1O.[CH3-].[Y]. The molecule has 1 unspecified atom stereocenters. The van der Waals surface area contributed by atoms with Crippen LogP contribution in [0.3, 0.4) is 0 Å². The van der Waals surface area contributed by atoms with Crippen molar-refractivity contribution in [1.29, 1.82) is 0 Å². The Morgan fingerprint density at radius 1 is 0.923 bits per heavy atom. The molecule has 1 radical (unpaired) electrons. The molecule has 0 bridgehead atoms. The van der Waals surface area contributed by atoms with Crippen LogP contribution in [0.25, 0.3) is 0 Å². The van der Waals surface area contributed by atoms with E-state index in [1.807, 2.05) is 42.5 Å². The van der Waals surface area contributed by atoms with Crippen LogP contribution in [-0.2, 0) is 43.9 Å². The number of aliphatic hydroxyl groups is 4. The maximum atomic E-state index is 10.2. The fraction of sp³-hybridized carbons (Fsp3) is 0.350. The summed E-state index contributed by atoms with van der Waals surface area (Å²) in [7, 11) is 0. The zero-order valence-corrected chi connectivity index (χ0v) is 17.5. The Bertz CT molecular complexity index is 664. The van der Waals surface area contributed by atoms with Gasteiger partial charge < -0.3 is 32.6 Å². The minimum atomic E-state index is -1.37. The van der Waals surface area contributed by atoms with Gasteiger partial charge in [0, 0.05) is 32.7 Å². The monoisotopic (exact) mass is 433 g/mol. The average Bonchev–Trinajstić information content (AvgIpc) is 2.61. The molecule has 5 nitrogen and oxygen atoms in total. The van der Waals surface area contributed by atoms with Crippen molar-refractivity contribution in [3.8, 4) is 0 Å². The van der Waals surface area contributed by atoms with Gasteiger partial charge in [0.1, 0.15) is 30.5 Å². The van der Waals surface area contributed by atoms with Crippen LogP contribution in [0.15, 0.2) is 48.5 Å². The summed E-state index contributed by atoms with van der Waals surface area (Å²) < 4.78 is 5.61. The molecule has 2 aromatic rings. The molecular weight excluding hydrogens is 409 g/mol. The molecule has 1 heterocycles. The van der Waals surface area contributed by atoms with Crippen molar-refractivity contribution in [2.24, 2.45) is 0 Å². The van der Waals surface area contributed by atoms with Gasteiger partial charge in [0.2, 0.25) is 0 Å². The molecule has 1 aliphatic rings. The van der Waals surface area contributed by atoms with E-state index in [9.17, 15) is 20.4 Å². The van der Waals surface area contributed by atoms with Crippen LogP contribution in [0.2, 0.25) is 0 Å². The average molecular weight is 433 g/mol. The van der Waals surface area contributed by atoms with Gasteiger partial charge in [-0.3, -0.25) is 0 Å². The predicted molar refractivity (Wildman–Crippen MR) is 93.7 cm³/mol. The number of aliphatic hydroxyl groups excluding tert-OH is 4. The van der Waals surface area contributed by atoms with Crippen molar-refractivity contribution in [1.82, 2.24) is 0 Å². The maximum Gasteiger partial charge on any atom is 0.113 e. The van der Waals surface area contributed by atoms with Crippen molar-refractivity contribution in [2.45, 2.75) is 36.9 Å². The van der Waals surface area contributed by atoms with Crippen LogP contribution in [0.4, 0.5) is 0 Å². The third-order valence-electron chi connectivity index (χ3n) is 4.37. The van der Waals surface area contributed by atoms with Gasteiger partial charge in [-0.25, -0.2) is 0 Å². The zero-order chi connectivity index (χ0) is 17.1. The Kier molecular flexibility index (Phi) is 9.55. The first kappa shape index (κ1) is 23.4. The van der Waals surface area contributed by atoms with Crippen molar-refractivity contribution < 1.29 is 57.9 Å². The smallest absolute Gasteiger partial charge is 0.113 e. The van der Waals surface area contributed by atoms with Crippen molar-refractivity contribution >= 4 is 0 Å². The van der Waals surface area contributed by atoms with Gasteiger partial charge >= 0.3 is 0 Å². The summed E-state index contributed by atoms with van der Waals surface area (Å²) in [4.78, 5) is 0. The molecule has 1 fully saturated rings. The van der Waals surface area contributed by atoms with Gasteiger partial charge in [-0.2, -0.15) is 35.9 Å². The first-order valence-electron chi connectivity index (χ1n) is 7.94. The Hall–Kier alpha value is -0.656. The number of hydrogen-bond donors (Lipinski definition) is 4. The Morgan fingerprint density at radius 3 is 2.27 bits per heavy atom. The number of rotatable bonds is 4. The summed E-state index contributed by atoms with van der Waals surface area (Å²) >= 11 is 0. The van der Waals surface area contributed by atoms with Gasteiger partial charge in [-0.1, -0.05) is 24.3 Å². The molecule has 1 saturated heterocycles. The van der Waals surface area contributed by atoms with Crippen LogP contribution in [0.1, 0.15) is 22.8 Å². The number of hydrogen-bond acceptors (Lipinski definition) is 5. The quantitative estimate of drug-likeness (QED) is 0.542. The fourth-order valence-corrected chi connectivity index (χ4v) is 3.03. The summed E-state index contributed by atoms with van der Waals surface area (Å²) in [5.74, 6) is 0. The molecule has 3 rings (SSSR count). The van der Waals surface area contributed by atoms with Crippen LogP contribution >= 0.6 is 0 Å². The normalized spacial score (nSPS) is 27.9. The molecule has 0 saturated carbocycles. The minimum Gasteiger partial charge on any atom is -0.394 e. The number of ether oxygens (including phenoxy) is 1. The third-order valence-corrected chi connectivity index (χ3v) is 4.37. The summed E-state index contributed by atoms with van der Waals surface area (Å²) in [5.41, 5.74) is 2.88. The fourth-order valence-electron chi connectivity index (χ4n) is 3.03. The molecule has 4 N–H and O–H groups in total. The van der Waals surface area contributed by atoms with Gasteiger partial charge in [0.25, 0.3) is 0 Å². The second kappa shape index (κ2) is 10.6. The van der Waals surface area contributed by atoms with E-state index in [4.69, 9.17) is 4.74 Å². The summed E-state index contributed by atoms with van der Waals surface area (Å²) in [6.45, 7) is -0.429. The molecule has 5 atom stereocenters. The van der Waals surface area contributed by atoms with Gasteiger partial charge in [-0.15, -0.1) is 0 Å². The molecule has 26 heavy (non-hydrogen) atoms. The van der Waals surface area contributed by atoms with E-state index in [2.05, 4.69) is 6.07 Å². The van der Waals surface area contributed by atoms with E-state index in [1.54, 1.807) is 6.07 Å². The molecule has 0 aromatic heterocycles. The first-order chi connectivity index (χ1) is 11.6. The largest absolute Gasteiger partial charge is 0.394 e. The molecule has 2 aromatic carbocycles. The predicted octanol–water partition coefficient (Wildman–Crippen LogP) is 1.04. The molecule has 1 aliphatic heterocycles. The van der Waals surface area contributed by atoms with Gasteiger partial charge in [0.05, 0.1) is 6.61 Å². The van der Waals surface area contributed by atoms with E-state index in [1.165, 1.54) is 0 Å². The van der Waals surface area contributed by atoms with Crippen molar-refractivity contribution in [3.05, 3.63) is 78.7 Å². The van der Waals surface area contributed by atoms with Crippen LogP contribution < -0.4 is 0 Å². The van der Waals surface area contributed by atoms with Crippen molar-refractivity contribution in [3.63, 3.8) is 0 Å². The van der Waals surface area contributed by atoms with Gasteiger partial charge in [-0.05, 0) is 17.5 Å². The van der Waals surface area contributed by atoms with Gasteiger partial charge in [0.15, 0.2) is 0 Å². The summed E-state index contributed by atoms with van der Waals surface area (Å²) in [5, 5.41) is 39.3. The van der Waals surface area contributed by atoms with E-state index in [0.29, 0.717) is 5.56 Å². The first-order valence-corrected chi connectivity index (χ1v) is 7.94. The maximum absolute atomic E-state index is 10.2. The summed E-state index contributed by atoms with van der Waals surface area (Å²) in [6, 6.07) is 18.2. The second-order valence-corrected chi connectivity index (χ2v) is 6.08. The van der Waals surface area contributed by atoms with Crippen LogP contribution in [0.5, 0.6) is 0 Å². The Balaban J connectivity index is 0.00000169. The van der Waals surface area contributed by atoms with Crippen molar-refractivity contribution in [2.75, 3.05) is 6.61 Å². The topological polar surface area (TPSA) is 90.2 Å². The van der Waals surface area contributed by atoms with E-state index < -0.39 is 37.1 Å². The standard InChI is InChI=1S/C19H21O5.CH3.Y/c20-11-15-16(21)17(22)18(23)19(24-15)14-8-4-7-13(10-14)9-12-5-2-1-3-6-12;;/h2-8,10,15-23H,9,11H2;1H3;/q2*-1;/t15-,16?,17+,18-,19+;;/m1../s1. The van der Waals surface area contributed by atoms with Crippen LogP contribution in [-0.4, -0.2) is 51.4 Å². The van der Waals surface area contributed by atoms with E-state index in [-0.39, 0.29) is 40.1 Å². The Labute approximate surface area is 179 Å². The molecule has 0 spiro atoms. The second-order valence-electron chi connectivity index (χ2n) is 6.08. The third kappa shape index (κ3) is 5.20. The number of benzene rings is 2. The van der Waals surface area contributed by atoms with E-state index in [0.717, 1.165) is 17.5 Å². The molecule has 0 amide bonds. The van der Waals surface area contributed by atoms with E-state index >= 15 is 0 Å². The van der Waals surface area contributed by atoms with Crippen LogP contribution in [0, 0.1) is 13.5 Å². The zero-order valence-electron chi connectivity index (χ0n) is 14.7.